The van der Waals surface area contributed by atoms with Crippen molar-refractivity contribution in [3.05, 3.63) is 57.8 Å². The molecule has 0 aliphatic heterocycles. The lowest BCUT2D eigenvalue weighted by Gasteiger charge is -2.23. The second-order valence-electron chi connectivity index (χ2n) is 7.11. The van der Waals surface area contributed by atoms with Gasteiger partial charge in [0.25, 0.3) is 5.91 Å². The first-order chi connectivity index (χ1) is 14.0. The van der Waals surface area contributed by atoms with Crippen molar-refractivity contribution in [1.82, 2.24) is 16.0 Å². The molecule has 0 bridgehead atoms. The van der Waals surface area contributed by atoms with Gasteiger partial charge in [-0.15, -0.1) is 35.3 Å². The van der Waals surface area contributed by atoms with E-state index in [1.165, 1.54) is 11.3 Å². The van der Waals surface area contributed by atoms with Crippen LogP contribution in [0.4, 0.5) is 0 Å². The minimum Gasteiger partial charge on any atom is -0.383 e. The van der Waals surface area contributed by atoms with Gasteiger partial charge >= 0.3 is 0 Å². The fraction of sp³-hybridized carbons (Fsp3) is 0.455. The minimum atomic E-state index is -0.961. The molecular weight excluding hydrogens is 511 g/mol. The Morgan fingerprint density at radius 1 is 1.13 bits per heavy atom. The minimum absolute atomic E-state index is 0. The summed E-state index contributed by atoms with van der Waals surface area (Å²) in [6, 6.07) is 11.4. The van der Waals surface area contributed by atoms with Crippen LogP contribution in [0, 0.1) is 0 Å². The Balaban J connectivity index is 0.00000450. The maximum atomic E-state index is 12.1. The van der Waals surface area contributed by atoms with Crippen molar-refractivity contribution in [3.63, 3.8) is 0 Å². The number of benzene rings is 1. The highest BCUT2D eigenvalue weighted by Crippen LogP contribution is 2.24. The molecule has 30 heavy (non-hydrogen) atoms. The molecule has 0 spiro atoms. The van der Waals surface area contributed by atoms with Gasteiger partial charge in [-0.05, 0) is 49.4 Å². The summed E-state index contributed by atoms with van der Waals surface area (Å²) in [5.41, 5.74) is 0.708. The standard InChI is InChI=1S/C22H32N4O2S.HI/c1-4-6-13-24-20(27)18-11-9-17(10-12-18)15-25-21(23-5-2)26-16-22(3,28)19-8-7-14-29-19;/h7-12,14,28H,4-6,13,15-16H2,1-3H3,(H,24,27)(H2,23,25,26);1H. The maximum Gasteiger partial charge on any atom is 0.251 e. The maximum absolute atomic E-state index is 12.1. The van der Waals surface area contributed by atoms with Crippen molar-refractivity contribution in [2.24, 2.45) is 4.99 Å². The molecule has 1 amide bonds. The zero-order valence-electron chi connectivity index (χ0n) is 17.9. The number of unbranched alkanes of at least 4 members (excludes halogenated alkanes) is 1. The van der Waals surface area contributed by atoms with E-state index < -0.39 is 5.60 Å². The Kier molecular flexibility index (Phi) is 12.0. The van der Waals surface area contributed by atoms with Crippen LogP contribution in [-0.4, -0.2) is 36.6 Å². The fourth-order valence-corrected chi connectivity index (χ4v) is 3.47. The monoisotopic (exact) mass is 544 g/mol. The second-order valence-corrected chi connectivity index (χ2v) is 8.05. The number of halogens is 1. The largest absolute Gasteiger partial charge is 0.383 e. The number of thiophene rings is 1. The van der Waals surface area contributed by atoms with Crippen molar-refractivity contribution in [1.29, 1.82) is 0 Å². The molecule has 8 heteroatoms. The van der Waals surface area contributed by atoms with Crippen molar-refractivity contribution < 1.29 is 9.90 Å². The molecule has 2 rings (SSSR count). The van der Waals surface area contributed by atoms with E-state index in [1.54, 1.807) is 6.92 Å². The predicted octanol–water partition coefficient (Wildman–Crippen LogP) is 3.86. The smallest absolute Gasteiger partial charge is 0.251 e. The summed E-state index contributed by atoms with van der Waals surface area (Å²) in [6.45, 7) is 8.16. The van der Waals surface area contributed by atoms with Crippen LogP contribution in [0.15, 0.2) is 46.8 Å². The molecule has 1 aromatic heterocycles. The summed E-state index contributed by atoms with van der Waals surface area (Å²) >= 11 is 1.53. The highest BCUT2D eigenvalue weighted by Gasteiger charge is 2.24. The first kappa shape index (κ1) is 26.4. The summed E-state index contributed by atoms with van der Waals surface area (Å²) in [4.78, 5) is 17.6. The van der Waals surface area contributed by atoms with Gasteiger partial charge in [0.1, 0.15) is 5.60 Å². The van der Waals surface area contributed by atoms with Crippen LogP contribution in [0.5, 0.6) is 0 Å². The second kappa shape index (κ2) is 13.6. The van der Waals surface area contributed by atoms with Crippen LogP contribution in [0.25, 0.3) is 0 Å². The number of nitrogens with zero attached hydrogens (tertiary/aromatic N) is 1. The van der Waals surface area contributed by atoms with E-state index in [0.717, 1.165) is 29.8 Å². The first-order valence-corrected chi connectivity index (χ1v) is 11.0. The van der Waals surface area contributed by atoms with Gasteiger partial charge in [-0.1, -0.05) is 31.5 Å². The van der Waals surface area contributed by atoms with Crippen molar-refractivity contribution >= 4 is 47.2 Å². The Hall–Kier alpha value is -1.65. The predicted molar refractivity (Wildman–Crippen MR) is 136 cm³/mol. The van der Waals surface area contributed by atoms with Crippen LogP contribution in [0.1, 0.15) is 54.4 Å². The molecule has 1 aromatic carbocycles. The molecule has 0 saturated carbocycles. The number of aliphatic imine (C=N–C) groups is 1. The van der Waals surface area contributed by atoms with Gasteiger partial charge in [-0.3, -0.25) is 4.79 Å². The third-order valence-corrected chi connectivity index (χ3v) is 5.57. The molecule has 2 aromatic rings. The number of rotatable bonds is 10. The molecule has 1 unspecified atom stereocenters. The molecule has 0 saturated heterocycles. The molecule has 0 fully saturated rings. The Labute approximate surface area is 200 Å². The van der Waals surface area contributed by atoms with Crippen LogP contribution in [0.2, 0.25) is 0 Å². The van der Waals surface area contributed by atoms with Crippen LogP contribution >= 0.6 is 35.3 Å². The van der Waals surface area contributed by atoms with E-state index >= 15 is 0 Å². The van der Waals surface area contributed by atoms with Gasteiger partial charge in [0.05, 0.1) is 13.1 Å². The Morgan fingerprint density at radius 3 is 2.47 bits per heavy atom. The zero-order valence-corrected chi connectivity index (χ0v) is 21.1. The first-order valence-electron chi connectivity index (χ1n) is 10.1. The van der Waals surface area contributed by atoms with E-state index in [-0.39, 0.29) is 29.9 Å². The van der Waals surface area contributed by atoms with Gasteiger partial charge in [-0.2, -0.15) is 0 Å². The molecule has 0 aliphatic rings. The number of hydrogen-bond acceptors (Lipinski definition) is 4. The van der Waals surface area contributed by atoms with Gasteiger partial charge in [0.2, 0.25) is 0 Å². The van der Waals surface area contributed by atoms with Crippen molar-refractivity contribution in [2.45, 2.75) is 45.8 Å². The van der Waals surface area contributed by atoms with Crippen LogP contribution < -0.4 is 16.0 Å². The molecule has 166 valence electrons. The number of guanidine groups is 1. The number of hydrogen-bond donors (Lipinski definition) is 4. The van der Waals surface area contributed by atoms with Gasteiger partial charge in [0, 0.05) is 23.5 Å². The average Bonchev–Trinajstić information content (AvgIpc) is 3.26. The molecule has 1 heterocycles. The third kappa shape index (κ3) is 8.61. The van der Waals surface area contributed by atoms with E-state index in [9.17, 15) is 9.90 Å². The van der Waals surface area contributed by atoms with Gasteiger partial charge < -0.3 is 21.1 Å². The van der Waals surface area contributed by atoms with E-state index in [0.29, 0.717) is 31.2 Å². The normalized spacial score (nSPS) is 13.1. The Morgan fingerprint density at radius 2 is 1.87 bits per heavy atom. The van der Waals surface area contributed by atoms with Gasteiger partial charge in [0.15, 0.2) is 5.96 Å². The van der Waals surface area contributed by atoms with Crippen molar-refractivity contribution in [3.8, 4) is 0 Å². The number of nitrogens with one attached hydrogen (secondary N) is 3. The fourth-order valence-electron chi connectivity index (χ4n) is 2.68. The van der Waals surface area contributed by atoms with Crippen LogP contribution in [-0.2, 0) is 12.1 Å². The lowest BCUT2D eigenvalue weighted by atomic mass is 10.1. The summed E-state index contributed by atoms with van der Waals surface area (Å²) in [5.74, 6) is 0.602. The summed E-state index contributed by atoms with van der Waals surface area (Å²) < 4.78 is 0. The number of carbonyl (C=O) groups excluding carboxylic acids is 1. The number of amides is 1. The molecule has 4 N–H and O–H groups in total. The lowest BCUT2D eigenvalue weighted by molar-refractivity contribution is 0.0655. The van der Waals surface area contributed by atoms with Gasteiger partial charge in [-0.25, -0.2) is 4.99 Å². The molecular formula is C22H33IN4O2S. The zero-order chi connectivity index (χ0) is 21.1. The summed E-state index contributed by atoms with van der Waals surface area (Å²) in [5, 5.41) is 21.9. The molecule has 6 nitrogen and oxygen atoms in total. The number of carbonyl (C=O) groups is 1. The molecule has 1 atom stereocenters. The topological polar surface area (TPSA) is 85.8 Å². The SMILES string of the molecule is CCCCNC(=O)c1ccc(CN=C(NCC)NCC(C)(O)c2cccs2)cc1.I. The van der Waals surface area contributed by atoms with E-state index in [4.69, 9.17) is 0 Å². The highest BCUT2D eigenvalue weighted by atomic mass is 127. The third-order valence-electron chi connectivity index (χ3n) is 4.45. The Bertz CT molecular complexity index is 777. The summed E-state index contributed by atoms with van der Waals surface area (Å²) in [7, 11) is 0. The highest BCUT2D eigenvalue weighted by molar-refractivity contribution is 14.0. The molecule has 0 radical (unpaired) electrons. The lowest BCUT2D eigenvalue weighted by Crippen LogP contribution is -2.44. The quantitative estimate of drug-likeness (QED) is 0.159. The molecule has 0 aliphatic carbocycles. The summed E-state index contributed by atoms with van der Waals surface area (Å²) in [6.07, 6.45) is 2.04. The van der Waals surface area contributed by atoms with E-state index in [2.05, 4.69) is 27.9 Å². The number of aliphatic hydroxyl groups is 1. The van der Waals surface area contributed by atoms with Crippen molar-refractivity contribution in [2.75, 3.05) is 19.6 Å². The van der Waals surface area contributed by atoms with E-state index in [1.807, 2.05) is 48.7 Å². The van der Waals surface area contributed by atoms with Crippen LogP contribution in [0.3, 0.4) is 0 Å². The average molecular weight is 545 g/mol.